The Hall–Kier alpha value is -3.89. The summed E-state index contributed by atoms with van der Waals surface area (Å²) in [7, 11) is 2.94. The van der Waals surface area contributed by atoms with Crippen LogP contribution in [0.25, 0.3) is 0 Å². The second-order valence-corrected chi connectivity index (χ2v) is 6.13. The second kappa shape index (κ2) is 8.23. The highest BCUT2D eigenvalue weighted by Crippen LogP contribution is 2.32. The number of hydrogen-bond donors (Lipinski definition) is 2. The predicted octanol–water partition coefficient (Wildman–Crippen LogP) is 3.35. The van der Waals surface area contributed by atoms with Crippen LogP contribution in [0.15, 0.2) is 48.8 Å². The fourth-order valence-corrected chi connectivity index (χ4v) is 2.56. The van der Waals surface area contributed by atoms with Crippen molar-refractivity contribution in [1.29, 1.82) is 0 Å². The Kier molecular flexibility index (Phi) is 5.72. The number of carbonyl (C=O) groups is 2. The van der Waals surface area contributed by atoms with Gasteiger partial charge in [-0.15, -0.1) is 0 Å². The number of nitrogens with zero attached hydrogens (tertiary/aromatic N) is 3. The van der Waals surface area contributed by atoms with Crippen molar-refractivity contribution >= 4 is 23.2 Å². The van der Waals surface area contributed by atoms with Crippen LogP contribution in [0.2, 0.25) is 0 Å². The van der Waals surface area contributed by atoms with Gasteiger partial charge >= 0.3 is 6.18 Å². The first-order valence-corrected chi connectivity index (χ1v) is 8.50. The molecule has 3 rings (SSSR count). The van der Waals surface area contributed by atoms with Crippen molar-refractivity contribution in [3.05, 3.63) is 65.6 Å². The van der Waals surface area contributed by atoms with Gasteiger partial charge in [-0.1, -0.05) is 0 Å². The number of nitrogens with one attached hydrogen (secondary N) is 2. The summed E-state index contributed by atoms with van der Waals surface area (Å²) in [5, 5.41) is 8.66. The van der Waals surface area contributed by atoms with E-state index in [2.05, 4.69) is 20.7 Å². The minimum Gasteiger partial charge on any atom is -0.481 e. The molecule has 0 aliphatic carbocycles. The largest absolute Gasteiger partial charge is 0.481 e. The Morgan fingerprint density at radius 2 is 1.77 bits per heavy atom. The molecule has 0 atom stereocenters. The summed E-state index contributed by atoms with van der Waals surface area (Å²) in [6, 6.07) is 6.98. The summed E-state index contributed by atoms with van der Waals surface area (Å²) < 4.78 is 46.1. The maximum Gasteiger partial charge on any atom is 0.416 e. The van der Waals surface area contributed by atoms with Crippen LogP contribution in [0.3, 0.4) is 0 Å². The molecule has 2 heterocycles. The molecule has 8 nitrogen and oxygen atoms in total. The third-order valence-electron chi connectivity index (χ3n) is 4.04. The molecule has 0 bridgehead atoms. The fourth-order valence-electron chi connectivity index (χ4n) is 2.56. The second-order valence-electron chi connectivity index (χ2n) is 6.13. The van der Waals surface area contributed by atoms with E-state index in [0.29, 0.717) is 11.9 Å². The molecule has 0 aliphatic heterocycles. The molecule has 0 spiro atoms. The van der Waals surface area contributed by atoms with Crippen LogP contribution in [0, 0.1) is 0 Å². The number of alkyl halides is 3. The van der Waals surface area contributed by atoms with E-state index in [4.69, 9.17) is 4.74 Å². The molecular formula is C19H16F3N5O3. The van der Waals surface area contributed by atoms with E-state index in [1.807, 2.05) is 0 Å². The minimum absolute atomic E-state index is 0.141. The van der Waals surface area contributed by atoms with Crippen molar-refractivity contribution in [2.75, 3.05) is 17.7 Å². The van der Waals surface area contributed by atoms with Crippen LogP contribution in [-0.2, 0) is 13.2 Å². The highest BCUT2D eigenvalue weighted by atomic mass is 19.4. The maximum absolute atomic E-state index is 13.3. The number of carbonyl (C=O) groups excluding carboxylic acids is 2. The van der Waals surface area contributed by atoms with Gasteiger partial charge in [0, 0.05) is 30.6 Å². The molecule has 0 radical (unpaired) electrons. The Morgan fingerprint density at radius 3 is 2.33 bits per heavy atom. The Morgan fingerprint density at radius 1 is 1.03 bits per heavy atom. The van der Waals surface area contributed by atoms with Crippen LogP contribution in [0.1, 0.15) is 26.4 Å². The lowest BCUT2D eigenvalue weighted by Gasteiger charge is -2.13. The van der Waals surface area contributed by atoms with Gasteiger partial charge in [-0.05, 0) is 30.3 Å². The van der Waals surface area contributed by atoms with E-state index in [1.54, 1.807) is 0 Å². The maximum atomic E-state index is 13.3. The molecule has 0 saturated heterocycles. The summed E-state index contributed by atoms with van der Waals surface area (Å²) in [5.41, 5.74) is -1.15. The molecule has 2 N–H and O–H groups in total. The van der Waals surface area contributed by atoms with Crippen molar-refractivity contribution in [3.63, 3.8) is 0 Å². The number of pyridine rings is 1. The quantitative estimate of drug-likeness (QED) is 0.661. The van der Waals surface area contributed by atoms with Crippen LogP contribution in [0.5, 0.6) is 5.88 Å². The van der Waals surface area contributed by atoms with E-state index in [0.717, 1.165) is 12.1 Å². The number of methoxy groups -OCH3 is 1. The SMILES string of the molecule is COc1ccc(NC(=O)c2cc(NC(=O)c3ccnn3C)cc(C(F)(F)F)c2)cn1. The lowest BCUT2D eigenvalue weighted by molar-refractivity contribution is -0.137. The summed E-state index contributed by atoms with van der Waals surface area (Å²) in [6.45, 7) is 0. The van der Waals surface area contributed by atoms with Crippen molar-refractivity contribution < 1.29 is 27.5 Å². The lowest BCUT2D eigenvalue weighted by Crippen LogP contribution is -2.19. The van der Waals surface area contributed by atoms with Gasteiger partial charge < -0.3 is 15.4 Å². The molecule has 0 fully saturated rings. The monoisotopic (exact) mass is 419 g/mol. The zero-order chi connectivity index (χ0) is 21.9. The molecule has 156 valence electrons. The summed E-state index contributed by atoms with van der Waals surface area (Å²) >= 11 is 0. The number of aryl methyl sites for hydroxylation is 1. The first kappa shape index (κ1) is 20.8. The number of rotatable bonds is 5. The zero-order valence-corrected chi connectivity index (χ0v) is 15.8. The van der Waals surface area contributed by atoms with Gasteiger partial charge in [-0.3, -0.25) is 14.3 Å². The van der Waals surface area contributed by atoms with Crippen LogP contribution in [0.4, 0.5) is 24.5 Å². The molecular weight excluding hydrogens is 403 g/mol. The number of anilines is 2. The van der Waals surface area contributed by atoms with E-state index >= 15 is 0 Å². The van der Waals surface area contributed by atoms with Crippen molar-refractivity contribution in [2.24, 2.45) is 7.05 Å². The molecule has 2 aromatic heterocycles. The number of amides is 2. The van der Waals surface area contributed by atoms with Gasteiger partial charge in [0.05, 0.1) is 24.6 Å². The topological polar surface area (TPSA) is 98.1 Å². The number of ether oxygens (including phenoxy) is 1. The van der Waals surface area contributed by atoms with Gasteiger partial charge in [-0.2, -0.15) is 18.3 Å². The molecule has 30 heavy (non-hydrogen) atoms. The number of benzene rings is 1. The third kappa shape index (κ3) is 4.74. The predicted molar refractivity (Wildman–Crippen MR) is 101 cm³/mol. The zero-order valence-electron chi connectivity index (χ0n) is 15.8. The van der Waals surface area contributed by atoms with E-state index in [1.165, 1.54) is 49.4 Å². The van der Waals surface area contributed by atoms with Crippen LogP contribution >= 0.6 is 0 Å². The standard InChI is InChI=1S/C19H16F3N5O3/c1-27-15(5-6-24-27)18(29)26-14-8-11(7-12(9-14)19(20,21)22)17(28)25-13-3-4-16(30-2)23-10-13/h3-10H,1-2H3,(H,25,28)(H,26,29). The van der Waals surface area contributed by atoms with Gasteiger partial charge in [0.1, 0.15) is 5.69 Å². The average Bonchev–Trinajstić information content (AvgIpc) is 3.13. The van der Waals surface area contributed by atoms with Crippen molar-refractivity contribution in [3.8, 4) is 5.88 Å². The van der Waals surface area contributed by atoms with Crippen molar-refractivity contribution in [1.82, 2.24) is 14.8 Å². The van der Waals surface area contributed by atoms with Gasteiger partial charge in [-0.25, -0.2) is 4.98 Å². The molecule has 2 amide bonds. The average molecular weight is 419 g/mol. The summed E-state index contributed by atoms with van der Waals surface area (Å²) in [5.74, 6) is -1.16. The first-order valence-electron chi connectivity index (χ1n) is 8.50. The van der Waals surface area contributed by atoms with Gasteiger partial charge in [0.15, 0.2) is 0 Å². The van der Waals surface area contributed by atoms with E-state index in [-0.39, 0.29) is 22.6 Å². The highest BCUT2D eigenvalue weighted by molar-refractivity contribution is 6.07. The Balaban J connectivity index is 1.89. The van der Waals surface area contributed by atoms with Gasteiger partial charge in [0.2, 0.25) is 5.88 Å². The minimum atomic E-state index is -4.72. The number of hydrogen-bond acceptors (Lipinski definition) is 5. The number of halogens is 3. The number of aromatic nitrogens is 3. The molecule has 0 aliphatic rings. The van der Waals surface area contributed by atoms with Crippen LogP contribution in [-0.4, -0.2) is 33.7 Å². The van der Waals surface area contributed by atoms with E-state index < -0.39 is 23.6 Å². The Bertz CT molecular complexity index is 1080. The molecule has 11 heteroatoms. The van der Waals surface area contributed by atoms with Crippen LogP contribution < -0.4 is 15.4 Å². The van der Waals surface area contributed by atoms with E-state index in [9.17, 15) is 22.8 Å². The van der Waals surface area contributed by atoms with Crippen molar-refractivity contribution in [2.45, 2.75) is 6.18 Å². The molecule has 0 unspecified atom stereocenters. The normalized spacial score (nSPS) is 11.1. The molecule has 3 aromatic rings. The molecule has 0 saturated carbocycles. The first-order chi connectivity index (χ1) is 14.2. The lowest BCUT2D eigenvalue weighted by atomic mass is 10.1. The molecule has 1 aromatic carbocycles. The summed E-state index contributed by atoms with van der Waals surface area (Å²) in [6.07, 6.45) is -2.04. The Labute approximate surface area is 168 Å². The summed E-state index contributed by atoms with van der Waals surface area (Å²) in [4.78, 5) is 28.7. The highest BCUT2D eigenvalue weighted by Gasteiger charge is 2.32. The third-order valence-corrected chi connectivity index (χ3v) is 4.04. The fraction of sp³-hybridized carbons (Fsp3) is 0.158. The van der Waals surface area contributed by atoms with Gasteiger partial charge in [0.25, 0.3) is 11.8 Å². The smallest absolute Gasteiger partial charge is 0.416 e.